The second-order valence-electron chi connectivity index (χ2n) is 6.87. The zero-order valence-electron chi connectivity index (χ0n) is 15.9. The third-order valence-corrected chi connectivity index (χ3v) is 4.80. The summed E-state index contributed by atoms with van der Waals surface area (Å²) in [5, 5.41) is 7.84. The first-order valence-corrected chi connectivity index (χ1v) is 9.07. The van der Waals surface area contributed by atoms with Gasteiger partial charge in [-0.3, -0.25) is 9.08 Å². The fraction of sp³-hybridized carbons (Fsp3) is 0.250. The summed E-state index contributed by atoms with van der Waals surface area (Å²) in [4.78, 5) is 9.36. The van der Waals surface area contributed by atoms with Gasteiger partial charge in [-0.15, -0.1) is 0 Å². The highest BCUT2D eigenvalue weighted by molar-refractivity contribution is 5.76. The Balaban J connectivity index is 1.52. The molecule has 28 heavy (non-hydrogen) atoms. The van der Waals surface area contributed by atoms with E-state index in [1.807, 2.05) is 66.6 Å². The molecule has 1 aliphatic heterocycles. The van der Waals surface area contributed by atoms with Crippen LogP contribution in [0.3, 0.4) is 0 Å². The molecule has 1 aromatic carbocycles. The molecule has 142 valence electrons. The number of ether oxygens (including phenoxy) is 2. The normalized spacial score (nSPS) is 12.7. The van der Waals surface area contributed by atoms with Crippen LogP contribution >= 0.6 is 0 Å². The van der Waals surface area contributed by atoms with E-state index in [9.17, 15) is 0 Å². The van der Waals surface area contributed by atoms with Gasteiger partial charge in [-0.1, -0.05) is 12.1 Å². The van der Waals surface area contributed by atoms with E-state index in [-0.39, 0.29) is 6.79 Å². The predicted molar refractivity (Wildman–Crippen MR) is 105 cm³/mol. The molecule has 0 bridgehead atoms. The lowest BCUT2D eigenvalue weighted by Gasteiger charge is -2.11. The molecule has 8 nitrogen and oxygen atoms in total. The Labute approximate surface area is 161 Å². The second-order valence-corrected chi connectivity index (χ2v) is 6.87. The topological polar surface area (TPSA) is 78.5 Å². The van der Waals surface area contributed by atoms with Gasteiger partial charge in [0.1, 0.15) is 0 Å². The number of anilines is 1. The quantitative estimate of drug-likeness (QED) is 0.590. The summed E-state index contributed by atoms with van der Waals surface area (Å²) in [6, 6.07) is 7.93. The number of hydrogen-bond donors (Lipinski definition) is 1. The van der Waals surface area contributed by atoms with E-state index in [0.717, 1.165) is 51.3 Å². The first-order valence-electron chi connectivity index (χ1n) is 9.07. The zero-order valence-corrected chi connectivity index (χ0v) is 15.9. The second kappa shape index (κ2) is 6.26. The average molecular weight is 376 g/mol. The monoisotopic (exact) mass is 376 g/mol. The summed E-state index contributed by atoms with van der Waals surface area (Å²) in [5.41, 5.74) is 5.68. The number of aromatic nitrogens is 5. The van der Waals surface area contributed by atoms with Crippen molar-refractivity contribution < 1.29 is 9.47 Å². The summed E-state index contributed by atoms with van der Waals surface area (Å²) in [6.07, 6.45) is 3.82. The zero-order chi connectivity index (χ0) is 19.3. The fourth-order valence-electron chi connectivity index (χ4n) is 3.57. The number of fused-ring (bicyclic) bond motifs is 2. The van der Waals surface area contributed by atoms with Gasteiger partial charge in [-0.05, 0) is 26.0 Å². The van der Waals surface area contributed by atoms with Crippen molar-refractivity contribution in [2.24, 2.45) is 7.05 Å². The number of para-hydroxylation sites is 1. The molecule has 0 spiro atoms. The van der Waals surface area contributed by atoms with Crippen LogP contribution in [0.1, 0.15) is 17.0 Å². The van der Waals surface area contributed by atoms with Crippen molar-refractivity contribution in [1.29, 1.82) is 0 Å². The van der Waals surface area contributed by atoms with Crippen LogP contribution in [0.25, 0.3) is 16.9 Å². The molecule has 0 aliphatic carbocycles. The summed E-state index contributed by atoms with van der Waals surface area (Å²) in [5.74, 6) is 2.28. The third kappa shape index (κ3) is 2.65. The van der Waals surface area contributed by atoms with Gasteiger partial charge in [0, 0.05) is 31.5 Å². The van der Waals surface area contributed by atoms with Crippen LogP contribution in [-0.4, -0.2) is 30.9 Å². The van der Waals surface area contributed by atoms with Crippen LogP contribution in [0.2, 0.25) is 0 Å². The molecule has 0 saturated heterocycles. The molecule has 0 saturated carbocycles. The van der Waals surface area contributed by atoms with Crippen molar-refractivity contribution in [2.75, 3.05) is 12.1 Å². The molecule has 0 radical (unpaired) electrons. The first-order chi connectivity index (χ1) is 13.6. The molecule has 4 aromatic rings. The van der Waals surface area contributed by atoms with Gasteiger partial charge in [0.2, 0.25) is 12.7 Å². The van der Waals surface area contributed by atoms with Gasteiger partial charge >= 0.3 is 0 Å². The van der Waals surface area contributed by atoms with Crippen LogP contribution in [0.5, 0.6) is 11.5 Å². The summed E-state index contributed by atoms with van der Waals surface area (Å²) >= 11 is 0. The van der Waals surface area contributed by atoms with Gasteiger partial charge in [-0.25, -0.2) is 9.97 Å². The van der Waals surface area contributed by atoms with Crippen molar-refractivity contribution in [1.82, 2.24) is 24.1 Å². The Bertz CT molecular complexity index is 1190. The maximum absolute atomic E-state index is 5.59. The standard InChI is InChI=1S/C20H20N6O2/c1-12-7-16(25(3)24-12)15-9-22-20(26-10-13(2)23-19(15)26)21-8-14-5-4-6-17-18(14)28-11-27-17/h4-7,9-10H,8,11H2,1-3H3,(H,21,22). The van der Waals surface area contributed by atoms with E-state index >= 15 is 0 Å². The van der Waals surface area contributed by atoms with Crippen molar-refractivity contribution >= 4 is 11.6 Å². The lowest BCUT2D eigenvalue weighted by molar-refractivity contribution is 0.173. The number of imidazole rings is 1. The summed E-state index contributed by atoms with van der Waals surface area (Å²) in [6.45, 7) is 4.78. The number of aryl methyl sites for hydroxylation is 3. The minimum atomic E-state index is 0.258. The van der Waals surface area contributed by atoms with E-state index in [2.05, 4.69) is 15.4 Å². The van der Waals surface area contributed by atoms with Crippen LogP contribution in [0, 0.1) is 13.8 Å². The molecule has 4 heterocycles. The Morgan fingerprint density at radius 2 is 2.07 bits per heavy atom. The summed E-state index contributed by atoms with van der Waals surface area (Å²) < 4.78 is 14.9. The lowest BCUT2D eigenvalue weighted by Crippen LogP contribution is -2.08. The molecule has 1 N–H and O–H groups in total. The predicted octanol–water partition coefficient (Wildman–Crippen LogP) is 3.09. The molecule has 0 amide bonds. The molecule has 1 aliphatic rings. The van der Waals surface area contributed by atoms with Crippen LogP contribution in [0.4, 0.5) is 5.95 Å². The highest BCUT2D eigenvalue weighted by Gasteiger charge is 2.18. The van der Waals surface area contributed by atoms with Crippen molar-refractivity contribution in [3.05, 3.63) is 53.6 Å². The molecule has 3 aromatic heterocycles. The minimum Gasteiger partial charge on any atom is -0.454 e. The largest absolute Gasteiger partial charge is 0.454 e. The van der Waals surface area contributed by atoms with Crippen molar-refractivity contribution in [3.63, 3.8) is 0 Å². The maximum atomic E-state index is 5.59. The summed E-state index contributed by atoms with van der Waals surface area (Å²) in [7, 11) is 1.93. The molecular weight excluding hydrogens is 356 g/mol. The molecule has 0 atom stereocenters. The van der Waals surface area contributed by atoms with E-state index in [0.29, 0.717) is 6.54 Å². The molecule has 0 unspecified atom stereocenters. The van der Waals surface area contributed by atoms with Gasteiger partial charge in [0.25, 0.3) is 0 Å². The molecule has 5 rings (SSSR count). The maximum Gasteiger partial charge on any atom is 0.231 e. The molecule has 0 fully saturated rings. The van der Waals surface area contributed by atoms with E-state index < -0.39 is 0 Å². The number of rotatable bonds is 4. The average Bonchev–Trinajstić information content (AvgIpc) is 3.37. The third-order valence-electron chi connectivity index (χ3n) is 4.80. The highest BCUT2D eigenvalue weighted by Crippen LogP contribution is 2.35. The smallest absolute Gasteiger partial charge is 0.231 e. The Morgan fingerprint density at radius 1 is 1.18 bits per heavy atom. The minimum absolute atomic E-state index is 0.258. The highest BCUT2D eigenvalue weighted by atomic mass is 16.7. The van der Waals surface area contributed by atoms with Crippen LogP contribution in [-0.2, 0) is 13.6 Å². The number of benzene rings is 1. The lowest BCUT2D eigenvalue weighted by atomic mass is 10.2. The Hall–Kier alpha value is -3.55. The van der Waals surface area contributed by atoms with Gasteiger partial charge in [0.05, 0.1) is 22.6 Å². The van der Waals surface area contributed by atoms with E-state index in [1.165, 1.54) is 0 Å². The van der Waals surface area contributed by atoms with Crippen LogP contribution < -0.4 is 14.8 Å². The van der Waals surface area contributed by atoms with E-state index in [1.54, 1.807) is 0 Å². The number of hydrogen-bond acceptors (Lipinski definition) is 6. The Kier molecular flexibility index (Phi) is 3.71. The van der Waals surface area contributed by atoms with Crippen LogP contribution in [0.15, 0.2) is 36.7 Å². The number of nitrogens with one attached hydrogen (secondary N) is 1. The number of nitrogens with zero attached hydrogens (tertiary/aromatic N) is 5. The van der Waals surface area contributed by atoms with Gasteiger partial charge < -0.3 is 14.8 Å². The molecule has 8 heteroatoms. The fourth-order valence-corrected chi connectivity index (χ4v) is 3.57. The first kappa shape index (κ1) is 16.6. The molecular formula is C20H20N6O2. The van der Waals surface area contributed by atoms with Gasteiger partial charge in [0.15, 0.2) is 17.1 Å². The SMILES string of the molecule is Cc1cn2c(NCc3cccc4c3OCO4)ncc(-c3cc(C)nn3C)c2n1. The van der Waals surface area contributed by atoms with Crippen molar-refractivity contribution in [2.45, 2.75) is 20.4 Å². The van der Waals surface area contributed by atoms with E-state index in [4.69, 9.17) is 14.5 Å². The van der Waals surface area contributed by atoms with Gasteiger partial charge in [-0.2, -0.15) is 5.10 Å². The van der Waals surface area contributed by atoms with Crippen molar-refractivity contribution in [3.8, 4) is 22.8 Å². The Morgan fingerprint density at radius 3 is 2.89 bits per heavy atom.